The number of hydrogen-bond acceptors (Lipinski definition) is 5. The maximum atomic E-state index is 12.7. The van der Waals surface area contributed by atoms with Gasteiger partial charge in [0.25, 0.3) is 10.0 Å². The summed E-state index contributed by atoms with van der Waals surface area (Å²) >= 11 is 0. The molecule has 2 fully saturated rings. The zero-order valence-corrected chi connectivity index (χ0v) is 12.7. The molecule has 3 atom stereocenters. The molecule has 1 aromatic rings. The fourth-order valence-corrected chi connectivity index (χ4v) is 4.58. The fourth-order valence-electron chi connectivity index (χ4n) is 2.95. The Labute approximate surface area is 124 Å². The van der Waals surface area contributed by atoms with E-state index in [0.29, 0.717) is 26.4 Å². The third kappa shape index (κ3) is 2.52. The molecule has 3 heterocycles. The van der Waals surface area contributed by atoms with E-state index >= 15 is 0 Å². The summed E-state index contributed by atoms with van der Waals surface area (Å²) in [6.45, 7) is 5.31. The van der Waals surface area contributed by atoms with Crippen LogP contribution in [0.25, 0.3) is 0 Å². The van der Waals surface area contributed by atoms with Gasteiger partial charge in [0.05, 0.1) is 38.3 Å². The highest BCUT2D eigenvalue weighted by Gasteiger charge is 2.51. The summed E-state index contributed by atoms with van der Waals surface area (Å²) in [5.41, 5.74) is 0. The highest BCUT2D eigenvalue weighted by atomic mass is 32.2. The van der Waals surface area contributed by atoms with Crippen molar-refractivity contribution < 1.29 is 17.9 Å². The normalized spacial score (nSPS) is 29.7. The van der Waals surface area contributed by atoms with E-state index in [1.54, 1.807) is 17.7 Å². The van der Waals surface area contributed by atoms with Crippen LogP contribution in [0.3, 0.4) is 0 Å². The topological polar surface area (TPSA) is 73.7 Å². The van der Waals surface area contributed by atoms with Gasteiger partial charge in [-0.3, -0.25) is 0 Å². The van der Waals surface area contributed by atoms with Crippen LogP contribution in [0.5, 0.6) is 0 Å². The van der Waals surface area contributed by atoms with Gasteiger partial charge in [-0.05, 0) is 0 Å². The molecule has 0 N–H and O–H groups in total. The zero-order chi connectivity index (χ0) is 15.0. The summed E-state index contributed by atoms with van der Waals surface area (Å²) in [7, 11) is -1.87. The maximum Gasteiger partial charge on any atom is 0.262 e. The summed E-state index contributed by atoms with van der Waals surface area (Å²) in [6, 6.07) is -0.174. The van der Waals surface area contributed by atoms with Gasteiger partial charge in [0.15, 0.2) is 5.03 Å². The van der Waals surface area contributed by atoms with Crippen LogP contribution in [0, 0.1) is 5.92 Å². The minimum absolute atomic E-state index is 0.0695. The van der Waals surface area contributed by atoms with Gasteiger partial charge in [-0.2, -0.15) is 4.31 Å². The second-order valence-electron chi connectivity index (χ2n) is 5.38. The smallest absolute Gasteiger partial charge is 0.262 e. The molecule has 2 saturated heterocycles. The maximum absolute atomic E-state index is 12.7. The Balaban J connectivity index is 1.86. The molecule has 2 aliphatic heterocycles. The number of fused-ring (bicyclic) bond motifs is 1. The van der Waals surface area contributed by atoms with E-state index in [1.165, 1.54) is 16.8 Å². The number of aryl methyl sites for hydroxylation is 1. The summed E-state index contributed by atoms with van der Waals surface area (Å²) in [6.07, 6.45) is 4.50. The van der Waals surface area contributed by atoms with Crippen LogP contribution in [0.1, 0.15) is 0 Å². The molecule has 1 aromatic heterocycles. The zero-order valence-electron chi connectivity index (χ0n) is 11.9. The lowest BCUT2D eigenvalue weighted by molar-refractivity contribution is 0.0394. The van der Waals surface area contributed by atoms with Crippen LogP contribution >= 0.6 is 0 Å². The molecule has 116 valence electrons. The first kappa shape index (κ1) is 14.7. The van der Waals surface area contributed by atoms with Crippen molar-refractivity contribution in [3.63, 3.8) is 0 Å². The SMILES string of the molecule is C=CCO[C@H]1CN(S(=O)(=O)c2cn(C)cn2)[C@@H]2COC[C@H]12. The lowest BCUT2D eigenvalue weighted by Crippen LogP contribution is -2.38. The number of sulfonamides is 1. The van der Waals surface area contributed by atoms with Gasteiger partial charge in [0.1, 0.15) is 0 Å². The molecule has 3 rings (SSSR count). The summed E-state index contributed by atoms with van der Waals surface area (Å²) in [4.78, 5) is 3.97. The van der Waals surface area contributed by atoms with Crippen LogP contribution in [-0.2, 0) is 26.5 Å². The molecule has 0 radical (unpaired) electrons. The second-order valence-corrected chi connectivity index (χ2v) is 7.22. The molecule has 7 nitrogen and oxygen atoms in total. The molecular weight excluding hydrogens is 294 g/mol. The summed E-state index contributed by atoms with van der Waals surface area (Å²) in [5, 5.41) is 0.0695. The Bertz CT molecular complexity index is 627. The molecule has 0 bridgehead atoms. The summed E-state index contributed by atoms with van der Waals surface area (Å²) < 4.78 is 39.7. The lowest BCUT2D eigenvalue weighted by atomic mass is 10.0. The number of aromatic nitrogens is 2. The first-order valence-electron chi connectivity index (χ1n) is 6.84. The molecule has 0 unspecified atom stereocenters. The third-order valence-corrected chi connectivity index (χ3v) is 5.76. The Morgan fingerprint density at radius 1 is 1.57 bits per heavy atom. The fraction of sp³-hybridized carbons (Fsp3) is 0.615. The predicted octanol–water partition coefficient (Wildman–Crippen LogP) is 0.0106. The average Bonchev–Trinajstić information content (AvgIpc) is 3.12. The average molecular weight is 313 g/mol. The van der Waals surface area contributed by atoms with Crippen molar-refractivity contribution in [2.45, 2.75) is 17.2 Å². The Kier molecular flexibility index (Phi) is 3.87. The highest BCUT2D eigenvalue weighted by molar-refractivity contribution is 7.89. The Morgan fingerprint density at radius 2 is 2.38 bits per heavy atom. The van der Waals surface area contributed by atoms with Crippen molar-refractivity contribution in [1.82, 2.24) is 13.9 Å². The van der Waals surface area contributed by atoms with Gasteiger partial charge >= 0.3 is 0 Å². The molecule has 0 saturated carbocycles. The lowest BCUT2D eigenvalue weighted by Gasteiger charge is -2.20. The standard InChI is InChI=1S/C13H19N3O4S/c1-3-4-20-12-5-16(11-8-19-7-10(11)12)21(17,18)13-6-15(2)9-14-13/h3,6,9-12H,1,4-5,7-8H2,2H3/t10-,11+,12-/m0/s1. The van der Waals surface area contributed by atoms with Gasteiger partial charge in [0, 0.05) is 25.7 Å². The van der Waals surface area contributed by atoms with Crippen molar-refractivity contribution in [3.05, 3.63) is 25.2 Å². The van der Waals surface area contributed by atoms with Gasteiger partial charge in [-0.15, -0.1) is 6.58 Å². The van der Waals surface area contributed by atoms with E-state index in [1.807, 2.05) is 0 Å². The first-order chi connectivity index (χ1) is 10.0. The minimum Gasteiger partial charge on any atom is -0.379 e. The number of nitrogens with zero attached hydrogens (tertiary/aromatic N) is 3. The molecular formula is C13H19N3O4S. The largest absolute Gasteiger partial charge is 0.379 e. The van der Waals surface area contributed by atoms with Crippen molar-refractivity contribution in [3.8, 4) is 0 Å². The van der Waals surface area contributed by atoms with E-state index in [2.05, 4.69) is 11.6 Å². The van der Waals surface area contributed by atoms with E-state index in [0.717, 1.165) is 0 Å². The van der Waals surface area contributed by atoms with Crippen molar-refractivity contribution >= 4 is 10.0 Å². The van der Waals surface area contributed by atoms with Gasteiger partial charge in [-0.1, -0.05) is 6.08 Å². The number of ether oxygens (including phenoxy) is 2. The number of imidazole rings is 1. The van der Waals surface area contributed by atoms with Crippen LogP contribution in [0.2, 0.25) is 0 Å². The number of hydrogen-bond donors (Lipinski definition) is 0. The summed E-state index contributed by atoms with van der Waals surface area (Å²) in [5.74, 6) is 0.0726. The van der Waals surface area contributed by atoms with Crippen molar-refractivity contribution in [1.29, 1.82) is 0 Å². The van der Waals surface area contributed by atoms with Crippen molar-refractivity contribution in [2.75, 3.05) is 26.4 Å². The second kappa shape index (κ2) is 5.53. The van der Waals surface area contributed by atoms with E-state index in [9.17, 15) is 8.42 Å². The molecule has 0 aromatic carbocycles. The van der Waals surface area contributed by atoms with Gasteiger partial charge < -0.3 is 14.0 Å². The molecule has 0 spiro atoms. The van der Waals surface area contributed by atoms with Crippen LogP contribution in [0.15, 0.2) is 30.2 Å². The third-order valence-electron chi connectivity index (χ3n) is 3.98. The Morgan fingerprint density at radius 3 is 3.05 bits per heavy atom. The predicted molar refractivity (Wildman–Crippen MR) is 75.1 cm³/mol. The van der Waals surface area contributed by atoms with E-state index in [-0.39, 0.29) is 23.1 Å². The first-order valence-corrected chi connectivity index (χ1v) is 8.28. The van der Waals surface area contributed by atoms with Crippen LogP contribution in [0.4, 0.5) is 0 Å². The Hall–Kier alpha value is -1.22. The molecule has 0 amide bonds. The minimum atomic E-state index is -3.61. The molecule has 8 heteroatoms. The quantitative estimate of drug-likeness (QED) is 0.716. The molecule has 21 heavy (non-hydrogen) atoms. The van der Waals surface area contributed by atoms with Gasteiger partial charge in [0.2, 0.25) is 0 Å². The van der Waals surface area contributed by atoms with Crippen molar-refractivity contribution in [2.24, 2.45) is 13.0 Å². The molecule has 2 aliphatic rings. The van der Waals surface area contributed by atoms with Gasteiger partial charge in [-0.25, -0.2) is 13.4 Å². The monoisotopic (exact) mass is 313 g/mol. The highest BCUT2D eigenvalue weighted by Crippen LogP contribution is 2.35. The van der Waals surface area contributed by atoms with E-state index < -0.39 is 10.0 Å². The molecule has 0 aliphatic carbocycles. The van der Waals surface area contributed by atoms with Crippen LogP contribution < -0.4 is 0 Å². The van der Waals surface area contributed by atoms with E-state index in [4.69, 9.17) is 9.47 Å². The van der Waals surface area contributed by atoms with Crippen LogP contribution in [-0.4, -0.2) is 60.8 Å². The number of rotatable bonds is 5.